The highest BCUT2D eigenvalue weighted by Crippen LogP contribution is 2.35. The van der Waals surface area contributed by atoms with E-state index in [2.05, 4.69) is 27.1 Å². The molecule has 1 saturated heterocycles. The highest BCUT2D eigenvalue weighted by molar-refractivity contribution is 5.89. The number of benzene rings is 2. The van der Waals surface area contributed by atoms with Crippen molar-refractivity contribution < 1.29 is 22.7 Å². The first kappa shape index (κ1) is 29.6. The highest BCUT2D eigenvalue weighted by atomic mass is 19.4. The first-order chi connectivity index (χ1) is 21.2. The van der Waals surface area contributed by atoms with Gasteiger partial charge in [0.1, 0.15) is 17.1 Å². The summed E-state index contributed by atoms with van der Waals surface area (Å²) in [5.41, 5.74) is 1.67. The molecule has 2 aliphatic rings. The van der Waals surface area contributed by atoms with Gasteiger partial charge in [-0.15, -0.1) is 0 Å². The number of pyridine rings is 2. The lowest BCUT2D eigenvalue weighted by atomic mass is 9.99. The van der Waals surface area contributed by atoms with E-state index in [1.807, 2.05) is 23.1 Å². The third-order valence-electron chi connectivity index (χ3n) is 8.27. The molecular weight excluding hydrogens is 573 g/mol. The Labute approximate surface area is 252 Å². The number of halogens is 3. The summed E-state index contributed by atoms with van der Waals surface area (Å²) in [6.45, 7) is 7.02. The van der Waals surface area contributed by atoms with Gasteiger partial charge in [0.2, 0.25) is 5.56 Å². The summed E-state index contributed by atoms with van der Waals surface area (Å²) in [6.07, 6.45) is -2.40. The average Bonchev–Trinajstić information content (AvgIpc) is 3.01. The third-order valence-corrected chi connectivity index (χ3v) is 8.27. The SMILES string of the molecule is CCN1CCN(Cc2ccc(NC(=O)N3CCc4ccc(Oc5ccnc6[nH]c(=O)ccc56)cc4C3)cc2C(F)(F)F)CC1. The summed E-state index contributed by atoms with van der Waals surface area (Å²) in [7, 11) is 0. The Morgan fingerprint density at radius 1 is 0.977 bits per heavy atom. The molecule has 0 aliphatic carbocycles. The first-order valence-electron chi connectivity index (χ1n) is 14.6. The van der Waals surface area contributed by atoms with Crippen LogP contribution in [0.5, 0.6) is 11.5 Å². The van der Waals surface area contributed by atoms with E-state index in [1.165, 1.54) is 12.1 Å². The predicted molar refractivity (Wildman–Crippen MR) is 161 cm³/mol. The molecule has 0 radical (unpaired) electrons. The standard InChI is InChI=1S/C32H33F3N6O3/c1-2-39-13-15-40(16-14-39)19-22-3-5-24(18-27(22)32(33,34)35)37-31(43)41-12-10-21-4-6-25(17-23(21)20-41)44-28-9-11-36-30-26(28)7-8-29(42)38-30/h3-9,11,17-18H,2,10,12-16,19-20H2,1H3,(H,37,43)(H,36,38,42). The van der Waals surface area contributed by atoms with Gasteiger partial charge in [-0.25, -0.2) is 9.78 Å². The summed E-state index contributed by atoms with van der Waals surface area (Å²) >= 11 is 0. The van der Waals surface area contributed by atoms with E-state index < -0.39 is 17.8 Å². The van der Waals surface area contributed by atoms with Gasteiger partial charge in [-0.05, 0) is 66.1 Å². The Kier molecular flexibility index (Phi) is 8.28. The van der Waals surface area contributed by atoms with Gasteiger partial charge in [-0.3, -0.25) is 9.69 Å². The number of hydrogen-bond acceptors (Lipinski definition) is 6. The van der Waals surface area contributed by atoms with Crippen molar-refractivity contribution in [2.75, 3.05) is 44.6 Å². The number of aromatic amines is 1. The van der Waals surface area contributed by atoms with Crippen LogP contribution in [-0.4, -0.2) is 70.0 Å². The Morgan fingerprint density at radius 3 is 2.55 bits per heavy atom. The highest BCUT2D eigenvalue weighted by Gasteiger charge is 2.34. The minimum absolute atomic E-state index is 0.104. The molecule has 2 aromatic heterocycles. The van der Waals surface area contributed by atoms with Crippen molar-refractivity contribution >= 4 is 22.8 Å². The number of likely N-dealkylation sites (N-methyl/N-ethyl adjacent to an activating group) is 1. The zero-order chi connectivity index (χ0) is 30.8. The van der Waals surface area contributed by atoms with E-state index in [9.17, 15) is 22.8 Å². The van der Waals surface area contributed by atoms with Crippen molar-refractivity contribution in [3.8, 4) is 11.5 Å². The second-order valence-electron chi connectivity index (χ2n) is 11.1. The molecule has 1 fully saturated rings. The van der Waals surface area contributed by atoms with Crippen molar-refractivity contribution in [1.82, 2.24) is 24.7 Å². The minimum Gasteiger partial charge on any atom is -0.457 e. The zero-order valence-electron chi connectivity index (χ0n) is 24.3. The normalized spacial score (nSPS) is 16.1. The van der Waals surface area contributed by atoms with Crippen molar-refractivity contribution in [2.45, 2.75) is 32.6 Å². The first-order valence-corrected chi connectivity index (χ1v) is 14.6. The van der Waals surface area contributed by atoms with Crippen LogP contribution >= 0.6 is 0 Å². The molecule has 2 aliphatic heterocycles. The Morgan fingerprint density at radius 2 is 1.77 bits per heavy atom. The van der Waals surface area contributed by atoms with Crippen molar-refractivity contribution in [3.05, 3.63) is 93.4 Å². The number of carbonyl (C=O) groups excluding carboxylic acids is 1. The van der Waals surface area contributed by atoms with Crippen LogP contribution in [0.4, 0.5) is 23.7 Å². The Balaban J connectivity index is 1.14. The lowest BCUT2D eigenvalue weighted by Gasteiger charge is -2.34. The number of nitrogens with zero attached hydrogens (tertiary/aromatic N) is 4. The second-order valence-corrected chi connectivity index (χ2v) is 11.1. The van der Waals surface area contributed by atoms with Crippen LogP contribution in [0, 0.1) is 0 Å². The molecule has 6 rings (SSSR count). The quantitative estimate of drug-likeness (QED) is 0.303. The van der Waals surface area contributed by atoms with Crippen LogP contribution in [0.2, 0.25) is 0 Å². The molecular formula is C32H33F3N6O3. The third kappa shape index (κ3) is 6.56. The van der Waals surface area contributed by atoms with E-state index in [0.29, 0.717) is 48.6 Å². The maximum Gasteiger partial charge on any atom is 0.416 e. The molecule has 2 N–H and O–H groups in total. The molecule has 2 amide bonds. The number of carbonyl (C=O) groups is 1. The summed E-state index contributed by atoms with van der Waals surface area (Å²) in [6, 6.07) is 14.0. The topological polar surface area (TPSA) is 93.8 Å². The number of rotatable bonds is 6. The van der Waals surface area contributed by atoms with Gasteiger partial charge in [0.05, 0.1) is 10.9 Å². The molecule has 2 aromatic carbocycles. The number of ether oxygens (including phenoxy) is 1. The van der Waals surface area contributed by atoms with E-state index >= 15 is 0 Å². The van der Waals surface area contributed by atoms with E-state index in [4.69, 9.17) is 4.74 Å². The van der Waals surface area contributed by atoms with Gasteiger partial charge in [-0.2, -0.15) is 13.2 Å². The molecule has 12 heteroatoms. The molecule has 0 spiro atoms. The number of urea groups is 1. The average molecular weight is 607 g/mol. The number of anilines is 1. The maximum atomic E-state index is 14.1. The van der Waals surface area contributed by atoms with Crippen LogP contribution in [0.15, 0.2) is 65.6 Å². The van der Waals surface area contributed by atoms with E-state index in [1.54, 1.807) is 29.3 Å². The number of amides is 2. The fourth-order valence-corrected chi connectivity index (χ4v) is 5.78. The summed E-state index contributed by atoms with van der Waals surface area (Å²) in [5, 5.41) is 3.33. The molecule has 0 atom stereocenters. The number of fused-ring (bicyclic) bond motifs is 2. The lowest BCUT2D eigenvalue weighted by Crippen LogP contribution is -2.45. The van der Waals surface area contributed by atoms with Crippen LogP contribution in [0.25, 0.3) is 11.0 Å². The van der Waals surface area contributed by atoms with Gasteiger partial charge < -0.3 is 24.8 Å². The number of H-pyrrole nitrogens is 1. The molecule has 4 heterocycles. The van der Waals surface area contributed by atoms with E-state index in [0.717, 1.165) is 36.8 Å². The molecule has 0 bridgehead atoms. The fraction of sp³-hybridized carbons (Fsp3) is 0.344. The monoisotopic (exact) mass is 606 g/mol. The largest absolute Gasteiger partial charge is 0.457 e. The van der Waals surface area contributed by atoms with Crippen molar-refractivity contribution in [2.24, 2.45) is 0 Å². The van der Waals surface area contributed by atoms with Gasteiger partial charge in [0, 0.05) is 63.8 Å². The molecule has 4 aromatic rings. The molecule has 0 unspecified atom stereocenters. The summed E-state index contributed by atoms with van der Waals surface area (Å²) in [5.74, 6) is 1.06. The van der Waals surface area contributed by atoms with Crippen LogP contribution < -0.4 is 15.6 Å². The minimum atomic E-state index is -4.54. The Hall–Kier alpha value is -4.42. The number of hydrogen-bond donors (Lipinski definition) is 2. The van der Waals surface area contributed by atoms with Crippen LogP contribution in [0.3, 0.4) is 0 Å². The number of piperazine rings is 1. The second kappa shape index (κ2) is 12.3. The molecule has 0 saturated carbocycles. The van der Waals surface area contributed by atoms with Gasteiger partial charge in [-0.1, -0.05) is 19.1 Å². The smallest absolute Gasteiger partial charge is 0.416 e. The lowest BCUT2D eigenvalue weighted by molar-refractivity contribution is -0.138. The van der Waals surface area contributed by atoms with Crippen LogP contribution in [-0.2, 0) is 25.7 Å². The number of alkyl halides is 3. The van der Waals surface area contributed by atoms with Crippen LogP contribution in [0.1, 0.15) is 29.2 Å². The zero-order valence-corrected chi connectivity index (χ0v) is 24.3. The maximum absolute atomic E-state index is 14.1. The molecule has 9 nitrogen and oxygen atoms in total. The summed E-state index contributed by atoms with van der Waals surface area (Å²) < 4.78 is 48.3. The number of nitrogens with one attached hydrogen (secondary N) is 2. The van der Waals surface area contributed by atoms with Crippen molar-refractivity contribution in [1.29, 1.82) is 0 Å². The molecule has 230 valence electrons. The van der Waals surface area contributed by atoms with E-state index in [-0.39, 0.29) is 29.9 Å². The fourth-order valence-electron chi connectivity index (χ4n) is 5.78. The Bertz CT molecular complexity index is 1730. The predicted octanol–water partition coefficient (Wildman–Crippen LogP) is 5.46. The van der Waals surface area contributed by atoms with Gasteiger partial charge in [0.25, 0.3) is 0 Å². The van der Waals surface area contributed by atoms with Gasteiger partial charge >= 0.3 is 12.2 Å². The van der Waals surface area contributed by atoms with Crippen molar-refractivity contribution in [3.63, 3.8) is 0 Å². The molecule has 44 heavy (non-hydrogen) atoms. The number of aromatic nitrogens is 2. The van der Waals surface area contributed by atoms with Gasteiger partial charge in [0.15, 0.2) is 0 Å². The summed E-state index contributed by atoms with van der Waals surface area (Å²) in [4.78, 5) is 37.6.